The van der Waals surface area contributed by atoms with Gasteiger partial charge in [-0.3, -0.25) is 9.59 Å². The number of ether oxygens (including phenoxy) is 1. The van der Waals surface area contributed by atoms with Crippen LogP contribution in [0.3, 0.4) is 0 Å². The summed E-state index contributed by atoms with van der Waals surface area (Å²) in [4.78, 5) is 28.3. The second-order valence-corrected chi connectivity index (χ2v) is 9.09. The molecule has 0 radical (unpaired) electrons. The molecule has 148 valence electrons. The van der Waals surface area contributed by atoms with Gasteiger partial charge < -0.3 is 19.9 Å². The number of anilines is 2. The predicted molar refractivity (Wildman–Crippen MR) is 103 cm³/mol. The van der Waals surface area contributed by atoms with Crippen LogP contribution in [0.5, 0.6) is 0 Å². The van der Waals surface area contributed by atoms with Gasteiger partial charge in [-0.1, -0.05) is 12.1 Å². The molecule has 3 rings (SSSR count). The summed E-state index contributed by atoms with van der Waals surface area (Å²) < 4.78 is 28.5. The topological polar surface area (TPSA) is 96.0 Å². The quantitative estimate of drug-likeness (QED) is 0.764. The number of amides is 2. The Morgan fingerprint density at radius 2 is 1.96 bits per heavy atom. The van der Waals surface area contributed by atoms with Gasteiger partial charge in [-0.05, 0) is 18.6 Å². The second-order valence-electron chi connectivity index (χ2n) is 6.86. The second kappa shape index (κ2) is 8.26. The number of morpholine rings is 1. The first-order chi connectivity index (χ1) is 12.9. The van der Waals surface area contributed by atoms with Gasteiger partial charge in [0.1, 0.15) is 6.54 Å². The van der Waals surface area contributed by atoms with Crippen LogP contribution < -0.4 is 15.1 Å². The van der Waals surface area contributed by atoms with Gasteiger partial charge in [0, 0.05) is 26.1 Å². The van der Waals surface area contributed by atoms with E-state index in [0.717, 1.165) is 18.8 Å². The van der Waals surface area contributed by atoms with E-state index in [2.05, 4.69) is 10.2 Å². The molecule has 1 aromatic rings. The fourth-order valence-electron chi connectivity index (χ4n) is 3.46. The van der Waals surface area contributed by atoms with Crippen molar-refractivity contribution in [1.82, 2.24) is 5.32 Å². The van der Waals surface area contributed by atoms with E-state index in [1.165, 1.54) is 11.8 Å². The van der Waals surface area contributed by atoms with Crippen molar-refractivity contribution in [2.24, 2.45) is 0 Å². The van der Waals surface area contributed by atoms with Gasteiger partial charge in [0.05, 0.1) is 36.1 Å². The molecule has 9 heteroatoms. The highest BCUT2D eigenvalue weighted by Crippen LogP contribution is 2.30. The van der Waals surface area contributed by atoms with Gasteiger partial charge in [0.25, 0.3) is 0 Å². The summed E-state index contributed by atoms with van der Waals surface area (Å²) in [6.45, 7) is 3.94. The van der Waals surface area contributed by atoms with Crippen molar-refractivity contribution in [2.45, 2.75) is 19.4 Å². The van der Waals surface area contributed by atoms with Crippen LogP contribution in [0.4, 0.5) is 11.4 Å². The summed E-state index contributed by atoms with van der Waals surface area (Å²) in [5.74, 6) is -0.550. The Balaban J connectivity index is 1.74. The molecule has 2 fully saturated rings. The highest BCUT2D eigenvalue weighted by molar-refractivity contribution is 7.91. The Bertz CT molecular complexity index is 805. The van der Waals surface area contributed by atoms with Crippen LogP contribution in [0.15, 0.2) is 24.3 Å². The van der Waals surface area contributed by atoms with Crippen molar-refractivity contribution >= 4 is 33.0 Å². The number of carbonyl (C=O) groups excluding carboxylic acids is 2. The minimum absolute atomic E-state index is 0.0385. The van der Waals surface area contributed by atoms with Crippen molar-refractivity contribution in [3.8, 4) is 0 Å². The molecule has 2 aliphatic heterocycles. The largest absolute Gasteiger partial charge is 0.378 e. The van der Waals surface area contributed by atoms with Gasteiger partial charge in [0.15, 0.2) is 9.84 Å². The van der Waals surface area contributed by atoms with E-state index in [1.807, 2.05) is 24.3 Å². The number of para-hydroxylation sites is 2. The molecule has 0 aliphatic carbocycles. The highest BCUT2D eigenvalue weighted by Gasteiger charge is 2.30. The number of hydrogen-bond donors (Lipinski definition) is 1. The molecule has 0 saturated carbocycles. The maximum absolute atomic E-state index is 12.5. The predicted octanol–water partition coefficient (Wildman–Crippen LogP) is 0.179. The Kier molecular flexibility index (Phi) is 6.01. The van der Waals surface area contributed by atoms with Crippen LogP contribution in [0.25, 0.3) is 0 Å². The lowest BCUT2D eigenvalue weighted by Crippen LogP contribution is -2.45. The van der Waals surface area contributed by atoms with Gasteiger partial charge in [0.2, 0.25) is 11.8 Å². The Morgan fingerprint density at radius 3 is 2.59 bits per heavy atom. The summed E-state index contributed by atoms with van der Waals surface area (Å²) in [7, 11) is -3.07. The molecule has 0 bridgehead atoms. The van der Waals surface area contributed by atoms with E-state index in [1.54, 1.807) is 0 Å². The van der Waals surface area contributed by atoms with E-state index in [4.69, 9.17) is 4.74 Å². The first-order valence-electron chi connectivity index (χ1n) is 9.05. The average molecular weight is 395 g/mol. The monoisotopic (exact) mass is 395 g/mol. The minimum atomic E-state index is -3.07. The lowest BCUT2D eigenvalue weighted by molar-refractivity contribution is -0.123. The molecular formula is C18H25N3O5S. The fourth-order valence-corrected chi connectivity index (χ4v) is 5.13. The molecule has 2 amide bonds. The van der Waals surface area contributed by atoms with E-state index in [9.17, 15) is 18.0 Å². The van der Waals surface area contributed by atoms with Crippen molar-refractivity contribution in [3.05, 3.63) is 24.3 Å². The zero-order valence-electron chi connectivity index (χ0n) is 15.4. The molecule has 1 unspecified atom stereocenters. The van der Waals surface area contributed by atoms with Crippen molar-refractivity contribution in [1.29, 1.82) is 0 Å². The first kappa shape index (κ1) is 19.6. The molecule has 27 heavy (non-hydrogen) atoms. The minimum Gasteiger partial charge on any atom is -0.378 e. The summed E-state index contributed by atoms with van der Waals surface area (Å²) in [6.07, 6.45) is 0.415. The van der Waals surface area contributed by atoms with E-state index in [0.29, 0.717) is 25.3 Å². The van der Waals surface area contributed by atoms with Gasteiger partial charge >= 0.3 is 0 Å². The van der Waals surface area contributed by atoms with Crippen LogP contribution in [0.2, 0.25) is 0 Å². The number of carbonyl (C=O) groups is 2. The van der Waals surface area contributed by atoms with Crippen molar-refractivity contribution in [3.63, 3.8) is 0 Å². The zero-order valence-corrected chi connectivity index (χ0v) is 16.2. The molecular weight excluding hydrogens is 370 g/mol. The smallest absolute Gasteiger partial charge is 0.240 e. The third-order valence-electron chi connectivity index (χ3n) is 4.80. The molecule has 8 nitrogen and oxygen atoms in total. The molecule has 0 aromatic heterocycles. The normalized spacial score (nSPS) is 21.7. The van der Waals surface area contributed by atoms with E-state index < -0.39 is 9.84 Å². The van der Waals surface area contributed by atoms with Crippen LogP contribution in [0, 0.1) is 0 Å². The number of rotatable bonds is 5. The molecule has 2 aliphatic rings. The standard InChI is InChI=1S/C18H25N3O5S/c1-14(22)21(12-18(23)19-15-6-11-27(24,25)13-15)17-5-3-2-4-16(17)20-7-9-26-10-8-20/h2-5,15H,6-13H2,1H3,(H,19,23). The van der Waals surface area contributed by atoms with E-state index in [-0.39, 0.29) is 35.9 Å². The number of benzene rings is 1. The summed E-state index contributed by atoms with van der Waals surface area (Å²) >= 11 is 0. The number of nitrogens with one attached hydrogen (secondary N) is 1. The van der Waals surface area contributed by atoms with Crippen LogP contribution in [-0.2, 0) is 24.2 Å². The van der Waals surface area contributed by atoms with Crippen molar-refractivity contribution in [2.75, 3.05) is 54.2 Å². The number of hydrogen-bond acceptors (Lipinski definition) is 6. The molecule has 0 spiro atoms. The molecule has 2 saturated heterocycles. The van der Waals surface area contributed by atoms with Gasteiger partial charge in [-0.2, -0.15) is 0 Å². The van der Waals surface area contributed by atoms with Gasteiger partial charge in [-0.15, -0.1) is 0 Å². The third-order valence-corrected chi connectivity index (χ3v) is 6.57. The highest BCUT2D eigenvalue weighted by atomic mass is 32.2. The van der Waals surface area contributed by atoms with E-state index >= 15 is 0 Å². The molecule has 1 aromatic carbocycles. The first-order valence-corrected chi connectivity index (χ1v) is 10.9. The third kappa shape index (κ3) is 4.98. The van der Waals surface area contributed by atoms with Crippen LogP contribution >= 0.6 is 0 Å². The number of nitrogens with zero attached hydrogens (tertiary/aromatic N) is 2. The average Bonchev–Trinajstić information content (AvgIpc) is 2.98. The Labute approximate surface area is 159 Å². The Morgan fingerprint density at radius 1 is 1.26 bits per heavy atom. The summed E-state index contributed by atoms with van der Waals surface area (Å²) in [6, 6.07) is 7.09. The maximum Gasteiger partial charge on any atom is 0.240 e. The van der Waals surface area contributed by atoms with Crippen molar-refractivity contribution < 1.29 is 22.7 Å². The lowest BCUT2D eigenvalue weighted by Gasteiger charge is -2.33. The zero-order chi connectivity index (χ0) is 19.4. The summed E-state index contributed by atoms with van der Waals surface area (Å²) in [5.41, 5.74) is 1.55. The fraction of sp³-hybridized carbons (Fsp3) is 0.556. The van der Waals surface area contributed by atoms with Crippen LogP contribution in [-0.4, -0.2) is 70.6 Å². The maximum atomic E-state index is 12.5. The molecule has 1 N–H and O–H groups in total. The lowest BCUT2D eigenvalue weighted by atomic mass is 10.2. The molecule has 2 heterocycles. The SMILES string of the molecule is CC(=O)N(CC(=O)NC1CCS(=O)(=O)C1)c1ccccc1N1CCOCC1. The summed E-state index contributed by atoms with van der Waals surface area (Å²) in [5, 5.41) is 2.74. The molecule has 1 atom stereocenters. The number of sulfone groups is 1. The Hall–Kier alpha value is -2.13. The van der Waals surface area contributed by atoms with Crippen LogP contribution in [0.1, 0.15) is 13.3 Å². The van der Waals surface area contributed by atoms with Gasteiger partial charge in [-0.25, -0.2) is 8.42 Å².